The molecule has 0 saturated carbocycles. The molecular weight excluding hydrogens is 533 g/mol. The van der Waals surface area contributed by atoms with Gasteiger partial charge >= 0.3 is 6.11 Å². The summed E-state index contributed by atoms with van der Waals surface area (Å²) >= 11 is 0. The van der Waals surface area contributed by atoms with Crippen molar-refractivity contribution in [3.05, 3.63) is 137 Å². The van der Waals surface area contributed by atoms with Gasteiger partial charge in [0, 0.05) is 17.2 Å². The predicted molar refractivity (Wildman–Crippen MR) is 138 cm³/mol. The SMILES string of the molecule is Cc1ccc(C(F)(F)Oc2ccc(-c3ccc(-c4cc(F)c(-c5ccc(F)cc5)c(F)c4)c(F)c3)c(F)c2)cc1. The van der Waals surface area contributed by atoms with E-state index in [1.54, 1.807) is 6.92 Å². The van der Waals surface area contributed by atoms with E-state index in [1.807, 2.05) is 0 Å². The van der Waals surface area contributed by atoms with E-state index in [0.29, 0.717) is 0 Å². The van der Waals surface area contributed by atoms with E-state index in [4.69, 9.17) is 4.74 Å². The van der Waals surface area contributed by atoms with E-state index >= 15 is 4.39 Å². The molecule has 5 aromatic rings. The first kappa shape index (κ1) is 27.0. The number of hydrogen-bond acceptors (Lipinski definition) is 1. The number of alkyl halides is 2. The van der Waals surface area contributed by atoms with Gasteiger partial charge in [0.25, 0.3) is 0 Å². The molecule has 5 aromatic carbocycles. The van der Waals surface area contributed by atoms with Gasteiger partial charge < -0.3 is 4.74 Å². The van der Waals surface area contributed by atoms with Gasteiger partial charge in [-0.05, 0) is 78.2 Å². The van der Waals surface area contributed by atoms with Crippen LogP contribution in [0.1, 0.15) is 11.1 Å². The van der Waals surface area contributed by atoms with Gasteiger partial charge in [-0.3, -0.25) is 0 Å². The summed E-state index contributed by atoms with van der Waals surface area (Å²) in [4.78, 5) is 0. The largest absolute Gasteiger partial charge is 0.429 e. The second-order valence-corrected chi connectivity index (χ2v) is 9.14. The van der Waals surface area contributed by atoms with Gasteiger partial charge in [0.2, 0.25) is 0 Å². The van der Waals surface area contributed by atoms with Crippen LogP contribution in [0.4, 0.5) is 30.7 Å². The molecule has 5 rings (SSSR count). The maximum absolute atomic E-state index is 15.1. The second-order valence-electron chi connectivity index (χ2n) is 9.14. The fourth-order valence-corrected chi connectivity index (χ4v) is 4.29. The number of benzene rings is 5. The highest BCUT2D eigenvalue weighted by Gasteiger charge is 2.34. The average molecular weight is 552 g/mol. The van der Waals surface area contributed by atoms with Crippen molar-refractivity contribution in [1.82, 2.24) is 0 Å². The normalized spacial score (nSPS) is 11.5. The third-order valence-corrected chi connectivity index (χ3v) is 6.34. The molecule has 0 aromatic heterocycles. The predicted octanol–water partition coefficient (Wildman–Crippen LogP) is 9.82. The van der Waals surface area contributed by atoms with Gasteiger partial charge in [0.15, 0.2) is 0 Å². The van der Waals surface area contributed by atoms with Crippen LogP contribution in [0.3, 0.4) is 0 Å². The third kappa shape index (κ3) is 5.43. The topological polar surface area (TPSA) is 9.23 Å². The minimum Gasteiger partial charge on any atom is -0.429 e. The van der Waals surface area contributed by atoms with Crippen molar-refractivity contribution in [3.8, 4) is 39.1 Å². The van der Waals surface area contributed by atoms with E-state index in [9.17, 15) is 26.3 Å². The number of halogens is 7. The fourth-order valence-electron chi connectivity index (χ4n) is 4.29. The van der Waals surface area contributed by atoms with Crippen LogP contribution < -0.4 is 4.74 Å². The summed E-state index contributed by atoms with van der Waals surface area (Å²) in [5, 5.41) is 0. The van der Waals surface area contributed by atoms with Gasteiger partial charge in [0.05, 0.1) is 11.1 Å². The Morgan fingerprint density at radius 2 is 1.05 bits per heavy atom. The Hall–Kier alpha value is -4.59. The van der Waals surface area contributed by atoms with E-state index < -0.39 is 52.1 Å². The highest BCUT2D eigenvalue weighted by atomic mass is 19.3. The van der Waals surface area contributed by atoms with E-state index in [1.165, 1.54) is 54.6 Å². The molecule has 0 fully saturated rings. The Morgan fingerprint density at radius 3 is 1.65 bits per heavy atom. The Kier molecular flexibility index (Phi) is 7.10. The highest BCUT2D eigenvalue weighted by Crippen LogP contribution is 2.36. The van der Waals surface area contributed by atoms with Crippen LogP contribution in [0.15, 0.2) is 97.1 Å². The minimum absolute atomic E-state index is 0.0690. The molecule has 0 unspecified atom stereocenters. The van der Waals surface area contributed by atoms with Gasteiger partial charge in [-0.25, -0.2) is 22.0 Å². The maximum atomic E-state index is 15.1. The van der Waals surface area contributed by atoms with Crippen LogP contribution in [0.25, 0.3) is 33.4 Å². The molecular formula is C32H19F7O. The standard InChI is InChI=1S/C32H19F7O/c1-18-2-7-22(8-3-18)32(38,39)40-24-11-13-25(28(35)17-24)20-6-12-26(27(34)14-20)21-15-29(36)31(30(37)16-21)19-4-9-23(33)10-5-19/h2-17H,1H3. The Morgan fingerprint density at radius 1 is 0.525 bits per heavy atom. The summed E-state index contributed by atoms with van der Waals surface area (Å²) in [7, 11) is 0. The molecule has 1 nitrogen and oxygen atoms in total. The van der Waals surface area contributed by atoms with Gasteiger partial charge in [-0.2, -0.15) is 8.78 Å². The third-order valence-electron chi connectivity index (χ3n) is 6.34. The van der Waals surface area contributed by atoms with Crippen molar-refractivity contribution in [2.45, 2.75) is 13.0 Å². The van der Waals surface area contributed by atoms with Crippen molar-refractivity contribution < 1.29 is 35.5 Å². The fraction of sp³-hybridized carbons (Fsp3) is 0.0625. The molecule has 0 heterocycles. The quantitative estimate of drug-likeness (QED) is 0.191. The lowest BCUT2D eigenvalue weighted by Gasteiger charge is -2.19. The van der Waals surface area contributed by atoms with Crippen molar-refractivity contribution in [3.63, 3.8) is 0 Å². The Labute approximate surface area is 225 Å². The molecule has 0 spiro atoms. The molecule has 0 saturated heterocycles. The second kappa shape index (κ2) is 10.5. The smallest absolute Gasteiger partial charge is 0.426 e. The van der Waals surface area contributed by atoms with Crippen molar-refractivity contribution in [2.24, 2.45) is 0 Å². The van der Waals surface area contributed by atoms with Crippen LogP contribution in [0.5, 0.6) is 5.75 Å². The summed E-state index contributed by atoms with van der Waals surface area (Å²) in [6.45, 7) is 1.74. The molecule has 8 heteroatoms. The molecule has 0 aliphatic heterocycles. The zero-order valence-corrected chi connectivity index (χ0v) is 20.8. The minimum atomic E-state index is -3.72. The molecule has 40 heavy (non-hydrogen) atoms. The zero-order valence-electron chi connectivity index (χ0n) is 20.8. The van der Waals surface area contributed by atoms with Crippen LogP contribution >= 0.6 is 0 Å². The first-order valence-electron chi connectivity index (χ1n) is 12.0. The molecule has 202 valence electrons. The summed E-state index contributed by atoms with van der Waals surface area (Å²) in [6.07, 6.45) is -3.72. The lowest BCUT2D eigenvalue weighted by molar-refractivity contribution is -0.185. The van der Waals surface area contributed by atoms with Gasteiger partial charge in [0.1, 0.15) is 34.8 Å². The number of ether oxygens (including phenoxy) is 1. The average Bonchev–Trinajstić information content (AvgIpc) is 2.89. The summed E-state index contributed by atoms with van der Waals surface area (Å²) in [5.41, 5.74) is -0.182. The summed E-state index contributed by atoms with van der Waals surface area (Å²) in [5.74, 6) is -4.79. The first-order chi connectivity index (χ1) is 19.0. The molecule has 0 bridgehead atoms. The van der Waals surface area contributed by atoms with Crippen molar-refractivity contribution in [2.75, 3.05) is 0 Å². The van der Waals surface area contributed by atoms with E-state index in [2.05, 4.69) is 0 Å². The van der Waals surface area contributed by atoms with Gasteiger partial charge in [-0.1, -0.05) is 42.0 Å². The highest BCUT2D eigenvalue weighted by molar-refractivity contribution is 5.75. The number of rotatable bonds is 6. The van der Waals surface area contributed by atoms with Gasteiger partial charge in [-0.15, -0.1) is 0 Å². The maximum Gasteiger partial charge on any atom is 0.426 e. The summed E-state index contributed by atoms with van der Waals surface area (Å²) < 4.78 is 107. The molecule has 0 atom stereocenters. The van der Waals surface area contributed by atoms with Crippen molar-refractivity contribution in [1.29, 1.82) is 0 Å². The molecule has 0 N–H and O–H groups in total. The monoisotopic (exact) mass is 552 g/mol. The number of hydrogen-bond donors (Lipinski definition) is 0. The van der Waals surface area contributed by atoms with Crippen LogP contribution in [-0.2, 0) is 6.11 Å². The zero-order chi connectivity index (χ0) is 28.6. The van der Waals surface area contributed by atoms with Crippen LogP contribution in [0.2, 0.25) is 0 Å². The van der Waals surface area contributed by atoms with E-state index in [-0.39, 0.29) is 27.8 Å². The molecule has 0 radical (unpaired) electrons. The Bertz CT molecular complexity index is 1670. The van der Waals surface area contributed by atoms with Crippen LogP contribution in [0, 0.1) is 36.0 Å². The lowest BCUT2D eigenvalue weighted by atomic mass is 9.96. The summed E-state index contributed by atoms with van der Waals surface area (Å²) in [6, 6.07) is 18.5. The number of aryl methyl sites for hydroxylation is 1. The molecule has 0 aliphatic rings. The van der Waals surface area contributed by atoms with E-state index in [0.717, 1.165) is 48.0 Å². The van der Waals surface area contributed by atoms with Crippen LogP contribution in [-0.4, -0.2) is 0 Å². The lowest BCUT2D eigenvalue weighted by Crippen LogP contribution is -2.21. The molecule has 0 amide bonds. The Balaban J connectivity index is 1.40. The van der Waals surface area contributed by atoms with Crippen molar-refractivity contribution >= 4 is 0 Å². The first-order valence-corrected chi connectivity index (χ1v) is 12.0. The molecule has 0 aliphatic carbocycles.